The van der Waals surface area contributed by atoms with E-state index in [-0.39, 0.29) is 0 Å². The van der Waals surface area contributed by atoms with Gasteiger partial charge in [0.25, 0.3) is 0 Å². The number of para-hydroxylation sites is 1. The van der Waals surface area contributed by atoms with E-state index in [1.807, 2.05) is 42.5 Å². The van der Waals surface area contributed by atoms with Crippen LogP contribution in [-0.2, 0) is 5.33 Å². The van der Waals surface area contributed by atoms with Crippen molar-refractivity contribution in [1.82, 2.24) is 0 Å². The highest BCUT2D eigenvalue weighted by Crippen LogP contribution is 2.37. The molecule has 0 aliphatic heterocycles. The van der Waals surface area contributed by atoms with Gasteiger partial charge in [-0.15, -0.1) is 0 Å². The molecule has 0 unspecified atom stereocenters. The van der Waals surface area contributed by atoms with Gasteiger partial charge in [-0.25, -0.2) is 0 Å². The highest BCUT2D eigenvalue weighted by atomic mass is 79.9. The molecule has 3 rings (SSSR count). The number of nitriles is 1. The van der Waals surface area contributed by atoms with Crippen molar-refractivity contribution < 1.29 is 4.42 Å². The molecule has 0 spiro atoms. The molecule has 2 aromatic carbocycles. The summed E-state index contributed by atoms with van der Waals surface area (Å²) in [6.45, 7) is 0. The quantitative estimate of drug-likeness (QED) is 0.531. The van der Waals surface area contributed by atoms with Crippen molar-refractivity contribution >= 4 is 42.8 Å². The molecular formula is C16H9Br2NO. The summed E-state index contributed by atoms with van der Waals surface area (Å²) in [7, 11) is 0. The van der Waals surface area contributed by atoms with E-state index in [0.717, 1.165) is 26.6 Å². The Kier molecular flexibility index (Phi) is 3.64. The summed E-state index contributed by atoms with van der Waals surface area (Å²) in [5, 5.41) is 11.1. The first-order valence-electron chi connectivity index (χ1n) is 6.01. The molecule has 4 heteroatoms. The maximum absolute atomic E-state index is 9.46. The molecule has 0 saturated heterocycles. The molecule has 0 saturated carbocycles. The van der Waals surface area contributed by atoms with E-state index < -0.39 is 0 Å². The number of fused-ring (bicyclic) bond motifs is 1. The largest absolute Gasteiger partial charge is 0.456 e. The number of furan rings is 1. The van der Waals surface area contributed by atoms with E-state index >= 15 is 0 Å². The van der Waals surface area contributed by atoms with E-state index in [0.29, 0.717) is 16.7 Å². The fourth-order valence-corrected chi connectivity index (χ4v) is 3.20. The number of halogens is 2. The summed E-state index contributed by atoms with van der Waals surface area (Å²) >= 11 is 6.94. The van der Waals surface area contributed by atoms with Gasteiger partial charge in [-0.2, -0.15) is 5.26 Å². The number of benzene rings is 2. The second kappa shape index (κ2) is 5.43. The zero-order valence-corrected chi connectivity index (χ0v) is 13.5. The van der Waals surface area contributed by atoms with E-state index in [1.54, 1.807) is 0 Å². The van der Waals surface area contributed by atoms with E-state index in [2.05, 4.69) is 37.9 Å². The third-order valence-corrected chi connectivity index (χ3v) is 4.43. The molecule has 0 aliphatic carbocycles. The maximum Gasteiger partial charge on any atom is 0.137 e. The van der Waals surface area contributed by atoms with E-state index in [9.17, 15) is 5.26 Å². The number of nitrogens with zero attached hydrogens (tertiary/aromatic N) is 1. The molecule has 0 radical (unpaired) electrons. The molecule has 0 amide bonds. The van der Waals surface area contributed by atoms with Crippen molar-refractivity contribution in [1.29, 1.82) is 5.26 Å². The Bertz CT molecular complexity index is 797. The van der Waals surface area contributed by atoms with Crippen LogP contribution in [0.4, 0.5) is 0 Å². The van der Waals surface area contributed by atoms with Crippen molar-refractivity contribution in [2.75, 3.05) is 0 Å². The van der Waals surface area contributed by atoms with Gasteiger partial charge in [0.15, 0.2) is 0 Å². The van der Waals surface area contributed by atoms with Crippen molar-refractivity contribution in [2.24, 2.45) is 0 Å². The first kappa shape index (κ1) is 13.4. The number of hydrogen-bond donors (Lipinski definition) is 0. The molecule has 98 valence electrons. The molecule has 0 atom stereocenters. The van der Waals surface area contributed by atoms with Gasteiger partial charge in [-0.3, -0.25) is 0 Å². The number of alkyl halides is 1. The maximum atomic E-state index is 9.46. The lowest BCUT2D eigenvalue weighted by molar-refractivity contribution is 0.631. The van der Waals surface area contributed by atoms with Crippen LogP contribution in [0.3, 0.4) is 0 Å². The smallest absolute Gasteiger partial charge is 0.137 e. The van der Waals surface area contributed by atoms with Gasteiger partial charge < -0.3 is 4.42 Å². The van der Waals surface area contributed by atoms with Crippen molar-refractivity contribution in [3.63, 3.8) is 0 Å². The monoisotopic (exact) mass is 389 g/mol. The van der Waals surface area contributed by atoms with Crippen LogP contribution in [0.5, 0.6) is 0 Å². The first-order valence-corrected chi connectivity index (χ1v) is 7.92. The van der Waals surface area contributed by atoms with Crippen LogP contribution in [-0.4, -0.2) is 0 Å². The summed E-state index contributed by atoms with van der Waals surface area (Å²) in [6.07, 6.45) is 0. The van der Waals surface area contributed by atoms with Gasteiger partial charge in [-0.05, 0) is 39.7 Å². The van der Waals surface area contributed by atoms with E-state index in [1.165, 1.54) is 0 Å². The number of hydrogen-bond acceptors (Lipinski definition) is 2. The SMILES string of the molecule is N#Cc1c(CBr)ccc(Br)c1-c1cc2ccccc2o1. The summed E-state index contributed by atoms with van der Waals surface area (Å²) < 4.78 is 6.74. The Morgan fingerprint density at radius 1 is 1.15 bits per heavy atom. The summed E-state index contributed by atoms with van der Waals surface area (Å²) in [5.41, 5.74) is 3.21. The van der Waals surface area contributed by atoms with Gasteiger partial charge in [0.05, 0.1) is 5.56 Å². The molecular weight excluding hydrogens is 382 g/mol. The molecule has 1 aromatic heterocycles. The van der Waals surface area contributed by atoms with Crippen LogP contribution in [0.1, 0.15) is 11.1 Å². The Hall–Kier alpha value is -1.57. The number of rotatable bonds is 2. The molecule has 0 bridgehead atoms. The third-order valence-electron chi connectivity index (χ3n) is 3.17. The highest BCUT2D eigenvalue weighted by Gasteiger charge is 2.17. The zero-order valence-electron chi connectivity index (χ0n) is 10.4. The standard InChI is InChI=1S/C16H9Br2NO/c17-8-11-5-6-13(18)16(12(11)9-19)15-7-10-3-1-2-4-14(10)20-15/h1-7H,8H2. The minimum Gasteiger partial charge on any atom is -0.456 e. The summed E-state index contributed by atoms with van der Waals surface area (Å²) in [6, 6.07) is 15.9. The van der Waals surface area contributed by atoms with Crippen molar-refractivity contribution in [3.05, 3.63) is 58.1 Å². The van der Waals surface area contributed by atoms with E-state index in [4.69, 9.17) is 4.42 Å². The van der Waals surface area contributed by atoms with Crippen LogP contribution in [0.2, 0.25) is 0 Å². The van der Waals surface area contributed by atoms with Crippen LogP contribution in [0, 0.1) is 11.3 Å². The Labute approximate surface area is 133 Å². The minimum atomic E-state index is 0.635. The molecule has 1 heterocycles. The van der Waals surface area contributed by atoms with Gasteiger partial charge in [0.1, 0.15) is 17.4 Å². The molecule has 2 nitrogen and oxygen atoms in total. The molecule has 20 heavy (non-hydrogen) atoms. The highest BCUT2D eigenvalue weighted by molar-refractivity contribution is 9.10. The van der Waals surface area contributed by atoms with Crippen LogP contribution in [0.15, 0.2) is 51.4 Å². The van der Waals surface area contributed by atoms with Crippen LogP contribution >= 0.6 is 31.9 Å². The van der Waals surface area contributed by atoms with Crippen molar-refractivity contribution in [2.45, 2.75) is 5.33 Å². The van der Waals surface area contributed by atoms with Gasteiger partial charge >= 0.3 is 0 Å². The lowest BCUT2D eigenvalue weighted by Gasteiger charge is -2.07. The molecule has 0 aliphatic rings. The van der Waals surface area contributed by atoms with Crippen LogP contribution < -0.4 is 0 Å². The minimum absolute atomic E-state index is 0.635. The lowest BCUT2D eigenvalue weighted by Crippen LogP contribution is -1.91. The summed E-state index contributed by atoms with van der Waals surface area (Å²) in [4.78, 5) is 0. The normalized spacial score (nSPS) is 10.7. The Morgan fingerprint density at radius 3 is 2.65 bits per heavy atom. The summed E-state index contributed by atoms with van der Waals surface area (Å²) in [5.74, 6) is 0.706. The van der Waals surface area contributed by atoms with Crippen molar-refractivity contribution in [3.8, 4) is 17.4 Å². The zero-order chi connectivity index (χ0) is 14.1. The third kappa shape index (κ3) is 2.17. The fraction of sp³-hybridized carbons (Fsp3) is 0.0625. The molecule has 3 aromatic rings. The van der Waals surface area contributed by atoms with Gasteiger partial charge in [-0.1, -0.05) is 40.2 Å². The van der Waals surface area contributed by atoms with Gasteiger partial charge in [0, 0.05) is 20.8 Å². The predicted octanol–water partition coefficient (Wildman–Crippen LogP) is 5.63. The first-order chi connectivity index (χ1) is 9.74. The molecule has 0 N–H and O–H groups in total. The fourth-order valence-electron chi connectivity index (χ4n) is 2.21. The second-order valence-corrected chi connectivity index (χ2v) is 5.77. The average Bonchev–Trinajstić information content (AvgIpc) is 2.90. The molecule has 0 fully saturated rings. The predicted molar refractivity (Wildman–Crippen MR) is 86.7 cm³/mol. The lowest BCUT2D eigenvalue weighted by atomic mass is 10.0. The van der Waals surface area contributed by atoms with Gasteiger partial charge in [0.2, 0.25) is 0 Å². The Balaban J connectivity index is 2.31. The van der Waals surface area contributed by atoms with Crippen LogP contribution in [0.25, 0.3) is 22.3 Å². The Morgan fingerprint density at radius 2 is 1.95 bits per heavy atom. The average molecular weight is 391 g/mol. The second-order valence-electron chi connectivity index (χ2n) is 4.35. The topological polar surface area (TPSA) is 36.9 Å².